The molecule has 0 radical (unpaired) electrons. The molecule has 0 bridgehead atoms. The molecule has 8 heteroatoms. The molecule has 3 N–H and O–H groups in total. The number of nitrogens with one attached hydrogen (secondary N) is 3. The number of aromatic amines is 1. The van der Waals surface area contributed by atoms with Crippen molar-refractivity contribution in [3.05, 3.63) is 48.0 Å². The lowest BCUT2D eigenvalue weighted by Crippen LogP contribution is -2.28. The lowest BCUT2D eigenvalue weighted by molar-refractivity contribution is -0.137. The fourth-order valence-corrected chi connectivity index (χ4v) is 2.33. The predicted octanol–water partition coefficient (Wildman–Crippen LogP) is 4.15. The third-order valence-corrected chi connectivity index (χ3v) is 3.80. The van der Waals surface area contributed by atoms with Crippen molar-refractivity contribution in [1.82, 2.24) is 15.3 Å². The van der Waals surface area contributed by atoms with E-state index >= 15 is 0 Å². The van der Waals surface area contributed by atoms with Crippen molar-refractivity contribution >= 4 is 11.6 Å². The average molecular weight is 386 g/mol. The second-order valence-corrected chi connectivity index (χ2v) is 6.13. The Labute approximate surface area is 162 Å². The maximum Gasteiger partial charge on any atom is 0.416 e. The van der Waals surface area contributed by atoms with Crippen molar-refractivity contribution in [2.45, 2.75) is 51.2 Å². The van der Waals surface area contributed by atoms with E-state index in [0.717, 1.165) is 12.1 Å². The molecular formula is C19H25F3N4O. The number of amides is 1. The van der Waals surface area contributed by atoms with Gasteiger partial charge in [0.05, 0.1) is 11.9 Å². The Bertz CT molecular complexity index is 843. The number of halogens is 3. The molecule has 27 heavy (non-hydrogen) atoms. The zero-order valence-corrected chi connectivity index (χ0v) is 14.9. The van der Waals surface area contributed by atoms with Gasteiger partial charge in [-0.1, -0.05) is 6.42 Å². The highest BCUT2D eigenvalue weighted by Crippen LogP contribution is 2.29. The van der Waals surface area contributed by atoms with Crippen LogP contribution < -0.4 is 10.6 Å². The number of benzene rings is 1. The number of carbonyl (C=O) groups excluding carboxylic acids is 1. The van der Waals surface area contributed by atoms with Crippen LogP contribution in [0.5, 0.6) is 0 Å². The molecule has 1 atom stereocenters. The second kappa shape index (κ2) is 10.1. The first-order valence-electron chi connectivity index (χ1n) is 10.6. The maximum absolute atomic E-state index is 12.6. The van der Waals surface area contributed by atoms with Gasteiger partial charge < -0.3 is 15.6 Å². The molecule has 2 aromatic rings. The van der Waals surface area contributed by atoms with Crippen molar-refractivity contribution in [2.24, 2.45) is 0 Å². The predicted molar refractivity (Wildman–Crippen MR) is 98.3 cm³/mol. The molecule has 1 aromatic heterocycles. The summed E-state index contributed by atoms with van der Waals surface area (Å²) in [6, 6.07) is 3.84. The number of nitrogens with zero attached hydrogens (tertiary/aromatic N) is 1. The summed E-state index contributed by atoms with van der Waals surface area (Å²) in [5.41, 5.74) is -0.483. The van der Waals surface area contributed by atoms with Gasteiger partial charge in [-0.3, -0.25) is 4.79 Å². The van der Waals surface area contributed by atoms with Gasteiger partial charge in [-0.25, -0.2) is 4.98 Å². The van der Waals surface area contributed by atoms with E-state index < -0.39 is 24.6 Å². The van der Waals surface area contributed by atoms with Gasteiger partial charge in [-0.05, 0) is 44.0 Å². The van der Waals surface area contributed by atoms with Crippen LogP contribution in [0.1, 0.15) is 49.3 Å². The number of aromatic nitrogens is 2. The molecule has 0 saturated heterocycles. The van der Waals surface area contributed by atoms with Crippen molar-refractivity contribution in [1.29, 1.82) is 0 Å². The summed E-state index contributed by atoms with van der Waals surface area (Å²) in [5, 5.41) is 5.19. The molecule has 1 aromatic carbocycles. The molecule has 0 aliphatic rings. The van der Waals surface area contributed by atoms with Crippen LogP contribution in [0.25, 0.3) is 0 Å². The van der Waals surface area contributed by atoms with Crippen molar-refractivity contribution in [3.8, 4) is 0 Å². The molecule has 1 amide bonds. The number of anilines is 1. The van der Waals surface area contributed by atoms with Gasteiger partial charge >= 0.3 is 6.18 Å². The van der Waals surface area contributed by atoms with E-state index in [1.807, 2.05) is 0 Å². The number of aryl methyl sites for hydroxylation is 1. The van der Waals surface area contributed by atoms with E-state index in [2.05, 4.69) is 20.6 Å². The summed E-state index contributed by atoms with van der Waals surface area (Å²) in [6.45, 7) is -0.623. The number of unbranched alkanes of at least 4 members (excludes halogenated alkanes) is 1. The molecular weight excluding hydrogens is 357 g/mol. The van der Waals surface area contributed by atoms with Gasteiger partial charge in [-0.15, -0.1) is 0 Å². The quantitative estimate of drug-likeness (QED) is 0.537. The first-order chi connectivity index (χ1) is 14.3. The topological polar surface area (TPSA) is 69.8 Å². The van der Waals surface area contributed by atoms with Gasteiger partial charge in [0.2, 0.25) is 5.91 Å². The maximum atomic E-state index is 12.6. The first kappa shape index (κ1) is 15.7. The van der Waals surface area contributed by atoms with E-state index in [4.69, 9.17) is 5.48 Å². The van der Waals surface area contributed by atoms with Gasteiger partial charge in [0.15, 0.2) is 0 Å². The summed E-state index contributed by atoms with van der Waals surface area (Å²) in [4.78, 5) is 18.3. The number of rotatable bonds is 10. The lowest BCUT2D eigenvalue weighted by Gasteiger charge is -2.13. The Hall–Kier alpha value is -2.35. The van der Waals surface area contributed by atoms with Crippen molar-refractivity contribution in [2.75, 3.05) is 11.8 Å². The minimum Gasteiger partial charge on any atom is -0.348 e. The second-order valence-electron chi connectivity index (χ2n) is 6.13. The van der Waals surface area contributed by atoms with Crippen LogP contribution in [-0.2, 0) is 17.3 Å². The molecule has 0 fully saturated rings. The number of imidazole rings is 1. The Morgan fingerprint density at radius 2 is 2.04 bits per heavy atom. The van der Waals surface area contributed by atoms with Crippen LogP contribution in [0.15, 0.2) is 36.8 Å². The SMILES string of the molecule is [2H]C([2H])(NC(C)CCCCC(=O)Nc1ccc(C(F)(F)F)cc1)C([2H])([2H])c1cnc[nH]1. The molecule has 0 aliphatic heterocycles. The van der Waals surface area contributed by atoms with Crippen molar-refractivity contribution < 1.29 is 23.4 Å². The average Bonchev–Trinajstić information content (AvgIpc) is 3.20. The standard InChI is InChI=1S/C19H25F3N4O/c1-14(24-11-10-17-12-23-13-25-17)4-2-3-5-18(27)26-16-8-6-15(7-9-16)19(20,21)22/h6-9,12-14,24H,2-5,10-11H2,1H3,(H,23,25)(H,26,27)/i10D2,11D2. The number of hydrogen-bond donors (Lipinski definition) is 3. The number of H-pyrrole nitrogens is 1. The third-order valence-electron chi connectivity index (χ3n) is 3.80. The summed E-state index contributed by atoms with van der Waals surface area (Å²) >= 11 is 0. The summed E-state index contributed by atoms with van der Waals surface area (Å²) in [6.07, 6.45) is -2.49. The highest BCUT2D eigenvalue weighted by atomic mass is 19.4. The molecule has 5 nitrogen and oxygen atoms in total. The van der Waals surface area contributed by atoms with Gasteiger partial charge in [0.25, 0.3) is 0 Å². The fraction of sp³-hybridized carbons (Fsp3) is 0.474. The Morgan fingerprint density at radius 1 is 1.30 bits per heavy atom. The van der Waals surface area contributed by atoms with Gasteiger partial charge in [0.1, 0.15) is 0 Å². The highest BCUT2D eigenvalue weighted by molar-refractivity contribution is 5.90. The summed E-state index contributed by atoms with van der Waals surface area (Å²) in [7, 11) is 0. The summed E-state index contributed by atoms with van der Waals surface area (Å²) in [5.74, 6) is -0.328. The number of alkyl halides is 3. The third kappa shape index (κ3) is 7.82. The van der Waals surface area contributed by atoms with Crippen LogP contribution >= 0.6 is 0 Å². The first-order valence-corrected chi connectivity index (χ1v) is 8.56. The van der Waals surface area contributed by atoms with E-state index in [-0.39, 0.29) is 29.8 Å². The van der Waals surface area contributed by atoms with Crippen LogP contribution in [0.4, 0.5) is 18.9 Å². The number of hydrogen-bond acceptors (Lipinski definition) is 3. The van der Waals surface area contributed by atoms with Crippen LogP contribution in [-0.4, -0.2) is 28.4 Å². The monoisotopic (exact) mass is 386 g/mol. The van der Waals surface area contributed by atoms with E-state index in [1.165, 1.54) is 24.7 Å². The summed E-state index contributed by atoms with van der Waals surface area (Å²) < 4.78 is 69.9. The highest BCUT2D eigenvalue weighted by Gasteiger charge is 2.29. The number of carbonyl (C=O) groups is 1. The van der Waals surface area contributed by atoms with E-state index in [9.17, 15) is 18.0 Å². The Balaban J connectivity index is 1.73. The van der Waals surface area contributed by atoms with Gasteiger partial charge in [-0.2, -0.15) is 13.2 Å². The minimum absolute atomic E-state index is 0.0251. The van der Waals surface area contributed by atoms with Crippen molar-refractivity contribution in [3.63, 3.8) is 0 Å². The Morgan fingerprint density at radius 3 is 2.67 bits per heavy atom. The van der Waals surface area contributed by atoms with Gasteiger partial charge in [0, 0.05) is 48.4 Å². The van der Waals surface area contributed by atoms with E-state index in [1.54, 1.807) is 6.92 Å². The lowest BCUT2D eigenvalue weighted by atomic mass is 10.1. The molecule has 2 rings (SSSR count). The van der Waals surface area contributed by atoms with E-state index in [0.29, 0.717) is 19.3 Å². The molecule has 148 valence electrons. The van der Waals surface area contributed by atoms with Crippen LogP contribution in [0.2, 0.25) is 0 Å². The molecule has 1 unspecified atom stereocenters. The fourth-order valence-electron chi connectivity index (χ4n) is 2.33. The minimum atomic E-state index is -4.43. The molecule has 0 spiro atoms. The molecule has 0 saturated carbocycles. The largest absolute Gasteiger partial charge is 0.416 e. The van der Waals surface area contributed by atoms with Crippen LogP contribution in [0, 0.1) is 0 Å². The van der Waals surface area contributed by atoms with Crippen LogP contribution in [0.3, 0.4) is 0 Å². The zero-order chi connectivity index (χ0) is 23.3. The zero-order valence-electron chi connectivity index (χ0n) is 18.9. The smallest absolute Gasteiger partial charge is 0.348 e. The normalized spacial score (nSPS) is 16.0. The Kier molecular flexibility index (Phi) is 5.87. The molecule has 0 aliphatic carbocycles. The molecule has 1 heterocycles.